The molecular weight excluding hydrogens is 144 g/mol. The minimum atomic E-state index is 0. The Kier molecular flexibility index (Phi) is 35.0. The van der Waals surface area contributed by atoms with Gasteiger partial charge < -0.3 is 15.7 Å². The molecule has 0 fully saturated rings. The summed E-state index contributed by atoms with van der Waals surface area (Å²) in [6.45, 7) is 4.79. The number of rotatable bonds is 4. The molecule has 11 heavy (non-hydrogen) atoms. The van der Waals surface area contributed by atoms with Crippen LogP contribution in [-0.2, 0) is 0 Å². The molecule has 0 aliphatic heterocycles. The fraction of sp³-hybridized carbons (Fsp3) is 1.00. The summed E-state index contributed by atoms with van der Waals surface area (Å²) in [7, 11) is 0. The first-order valence-electron chi connectivity index (χ1n) is 4.05. The lowest BCUT2D eigenvalue weighted by atomic mass is 10.4. The third-order valence-electron chi connectivity index (χ3n) is 1.02. The molecule has 0 heterocycles. The molecule has 0 saturated heterocycles. The molecule has 0 aromatic carbocycles. The molecule has 3 heteroatoms. The van der Waals surface area contributed by atoms with Gasteiger partial charge in [0.1, 0.15) is 0 Å². The lowest BCUT2D eigenvalue weighted by Gasteiger charge is -1.79. The highest BCUT2D eigenvalue weighted by Crippen LogP contribution is 1.79. The molecule has 0 amide bonds. The molecule has 0 radical (unpaired) electrons. The minimum Gasteiger partial charge on any atom is -0.412 e. The van der Waals surface area contributed by atoms with Crippen molar-refractivity contribution in [3.05, 3.63) is 0 Å². The first-order valence-corrected chi connectivity index (χ1v) is 4.05. The van der Waals surface area contributed by atoms with E-state index in [1.807, 2.05) is 0 Å². The lowest BCUT2D eigenvalue weighted by molar-refractivity contribution is 0.286. The molecule has 0 unspecified atom stereocenters. The topological polar surface area (TPSA) is 72.0 Å². The van der Waals surface area contributed by atoms with Crippen molar-refractivity contribution in [3.63, 3.8) is 0 Å². The van der Waals surface area contributed by atoms with Crippen molar-refractivity contribution in [2.45, 2.75) is 39.5 Å². The number of aliphatic hydroxyl groups excluding tert-OH is 2. The molecule has 0 aromatic rings. The van der Waals surface area contributed by atoms with Crippen molar-refractivity contribution in [1.82, 2.24) is 0 Å². The fourth-order valence-electron chi connectivity index (χ4n) is 0.316. The van der Waals surface area contributed by atoms with Crippen molar-refractivity contribution in [3.8, 4) is 0 Å². The van der Waals surface area contributed by atoms with E-state index in [1.54, 1.807) is 0 Å². The van der Waals surface area contributed by atoms with Gasteiger partial charge in [0.05, 0.1) is 0 Å². The summed E-state index contributed by atoms with van der Waals surface area (Å²) in [4.78, 5) is 0. The van der Waals surface area contributed by atoms with Gasteiger partial charge in [0, 0.05) is 13.2 Å². The molecule has 0 rings (SSSR count). The van der Waals surface area contributed by atoms with E-state index in [1.165, 1.54) is 0 Å². The molecule has 4 N–H and O–H groups in total. The first kappa shape index (κ1) is 17.1. The SMILES string of the molecule is CCCCO.CCCCO.O. The summed E-state index contributed by atoms with van der Waals surface area (Å²) >= 11 is 0. The van der Waals surface area contributed by atoms with Crippen LogP contribution in [0.5, 0.6) is 0 Å². The number of aliphatic hydroxyl groups is 2. The van der Waals surface area contributed by atoms with Gasteiger partial charge in [0.15, 0.2) is 0 Å². The van der Waals surface area contributed by atoms with Gasteiger partial charge in [-0.3, -0.25) is 0 Å². The van der Waals surface area contributed by atoms with Crippen LogP contribution >= 0.6 is 0 Å². The third-order valence-corrected chi connectivity index (χ3v) is 1.02. The molecule has 72 valence electrons. The van der Waals surface area contributed by atoms with E-state index in [-0.39, 0.29) is 5.48 Å². The van der Waals surface area contributed by atoms with Gasteiger partial charge in [0.2, 0.25) is 0 Å². The van der Waals surface area contributed by atoms with Crippen LogP contribution in [0.15, 0.2) is 0 Å². The molecule has 3 nitrogen and oxygen atoms in total. The average Bonchev–Trinajstić information content (AvgIpc) is 1.93. The first-order chi connectivity index (χ1) is 4.83. The van der Waals surface area contributed by atoms with E-state index in [2.05, 4.69) is 13.8 Å². The second-order valence-corrected chi connectivity index (χ2v) is 2.15. The third kappa shape index (κ3) is 40.8. The Labute approximate surface area is 69.4 Å². The van der Waals surface area contributed by atoms with Gasteiger partial charge in [-0.25, -0.2) is 0 Å². The molecule has 0 aromatic heterocycles. The van der Waals surface area contributed by atoms with Crippen LogP contribution in [0, 0.1) is 0 Å². The molecule has 0 atom stereocenters. The summed E-state index contributed by atoms with van der Waals surface area (Å²) < 4.78 is 0. The quantitative estimate of drug-likeness (QED) is 0.646. The summed E-state index contributed by atoms with van der Waals surface area (Å²) in [6.07, 6.45) is 4.08. The van der Waals surface area contributed by atoms with E-state index in [9.17, 15) is 0 Å². The normalized spacial score (nSPS) is 7.64. The maximum Gasteiger partial charge on any atom is 0.0430 e. The Hall–Kier alpha value is -0.120. The number of hydrogen-bond acceptors (Lipinski definition) is 2. The summed E-state index contributed by atoms with van der Waals surface area (Å²) in [5.41, 5.74) is 0. The van der Waals surface area contributed by atoms with Gasteiger partial charge in [-0.15, -0.1) is 0 Å². The average molecular weight is 166 g/mol. The highest BCUT2D eigenvalue weighted by atomic mass is 16.3. The van der Waals surface area contributed by atoms with Crippen molar-refractivity contribution in [2.24, 2.45) is 0 Å². The van der Waals surface area contributed by atoms with Crippen LogP contribution in [0.25, 0.3) is 0 Å². The zero-order valence-corrected chi connectivity index (χ0v) is 7.64. The minimum absolute atomic E-state index is 0. The molecular formula is C8H22O3. The molecule has 0 saturated carbocycles. The van der Waals surface area contributed by atoms with Gasteiger partial charge in [-0.2, -0.15) is 0 Å². The number of hydrogen-bond donors (Lipinski definition) is 2. The van der Waals surface area contributed by atoms with E-state index >= 15 is 0 Å². The van der Waals surface area contributed by atoms with Crippen molar-refractivity contribution >= 4 is 0 Å². The standard InChI is InChI=1S/2C4H10O.H2O/c2*1-2-3-4-5;/h2*5H,2-4H2,1H3;1H2. The zero-order chi connectivity index (χ0) is 8.24. The lowest BCUT2D eigenvalue weighted by Crippen LogP contribution is -1.75. The predicted molar refractivity (Wildman–Crippen MR) is 47.6 cm³/mol. The summed E-state index contributed by atoms with van der Waals surface area (Å²) in [5.74, 6) is 0. The van der Waals surface area contributed by atoms with Crippen molar-refractivity contribution in [1.29, 1.82) is 0 Å². The number of unbranched alkanes of at least 4 members (excludes halogenated alkanes) is 2. The van der Waals surface area contributed by atoms with Gasteiger partial charge >= 0.3 is 0 Å². The van der Waals surface area contributed by atoms with E-state index in [0.29, 0.717) is 13.2 Å². The molecule has 0 aliphatic rings. The second kappa shape index (κ2) is 22.5. The Morgan fingerprint density at radius 2 is 1.09 bits per heavy atom. The predicted octanol–water partition coefficient (Wildman–Crippen LogP) is 0.733. The monoisotopic (exact) mass is 166 g/mol. The van der Waals surface area contributed by atoms with Crippen LogP contribution in [0.1, 0.15) is 39.5 Å². The summed E-state index contributed by atoms with van der Waals surface area (Å²) in [6, 6.07) is 0. The maximum absolute atomic E-state index is 8.07. The van der Waals surface area contributed by atoms with Crippen LogP contribution in [0.3, 0.4) is 0 Å². The smallest absolute Gasteiger partial charge is 0.0430 e. The van der Waals surface area contributed by atoms with E-state index < -0.39 is 0 Å². The van der Waals surface area contributed by atoms with Crippen LogP contribution in [0.2, 0.25) is 0 Å². The van der Waals surface area contributed by atoms with Crippen molar-refractivity contribution < 1.29 is 15.7 Å². The van der Waals surface area contributed by atoms with Gasteiger partial charge in [-0.1, -0.05) is 26.7 Å². The van der Waals surface area contributed by atoms with Gasteiger partial charge in [0.25, 0.3) is 0 Å². The summed E-state index contributed by atoms with van der Waals surface area (Å²) in [5, 5.41) is 16.1. The zero-order valence-electron chi connectivity index (χ0n) is 7.64. The maximum atomic E-state index is 8.07. The second-order valence-electron chi connectivity index (χ2n) is 2.15. The van der Waals surface area contributed by atoms with Gasteiger partial charge in [-0.05, 0) is 12.8 Å². The van der Waals surface area contributed by atoms with E-state index in [4.69, 9.17) is 10.2 Å². The largest absolute Gasteiger partial charge is 0.412 e. The van der Waals surface area contributed by atoms with Crippen LogP contribution < -0.4 is 0 Å². The Bertz CT molecular complexity index is 30.3. The van der Waals surface area contributed by atoms with Crippen LogP contribution in [-0.4, -0.2) is 28.9 Å². The Morgan fingerprint density at radius 1 is 0.818 bits per heavy atom. The van der Waals surface area contributed by atoms with E-state index in [0.717, 1.165) is 25.7 Å². The molecule has 0 aliphatic carbocycles. The van der Waals surface area contributed by atoms with Crippen LogP contribution in [0.4, 0.5) is 0 Å². The molecule has 0 spiro atoms. The molecule has 0 bridgehead atoms. The fourth-order valence-corrected chi connectivity index (χ4v) is 0.316. The van der Waals surface area contributed by atoms with Crippen molar-refractivity contribution in [2.75, 3.05) is 13.2 Å². The Morgan fingerprint density at radius 3 is 1.09 bits per heavy atom. The highest BCUT2D eigenvalue weighted by Gasteiger charge is 1.69. The Balaban J connectivity index is -0.000000107. The highest BCUT2D eigenvalue weighted by molar-refractivity contribution is 4.23.